The highest BCUT2D eigenvalue weighted by Crippen LogP contribution is 2.35. The minimum Gasteiger partial charge on any atom is -0.382 e. The predicted octanol–water partition coefficient (Wildman–Crippen LogP) is 2.91. The Morgan fingerprint density at radius 1 is 1.00 bits per heavy atom. The van der Waals surface area contributed by atoms with Crippen molar-refractivity contribution in [1.82, 2.24) is 4.90 Å². The molecule has 1 heterocycles. The molecular weight excluding hydrogens is 370 g/mol. The van der Waals surface area contributed by atoms with Crippen molar-refractivity contribution in [3.8, 4) is 0 Å². The molecule has 0 saturated carbocycles. The van der Waals surface area contributed by atoms with Crippen molar-refractivity contribution in [3.05, 3.63) is 71.8 Å². The van der Waals surface area contributed by atoms with Gasteiger partial charge in [0, 0.05) is 20.3 Å². The van der Waals surface area contributed by atoms with Crippen LogP contribution >= 0.6 is 11.8 Å². The number of thioether (sulfide) groups is 1. The van der Waals surface area contributed by atoms with Gasteiger partial charge in [0.05, 0.1) is 15.5 Å². The van der Waals surface area contributed by atoms with Gasteiger partial charge in [-0.3, -0.25) is 9.69 Å². The monoisotopic (exact) mass is 387 g/mol. The lowest BCUT2D eigenvalue weighted by molar-refractivity contribution is -0.113. The maximum atomic E-state index is 12.8. The second-order valence-electron chi connectivity index (χ2n) is 5.70. The Balaban J connectivity index is 2.09. The Morgan fingerprint density at radius 3 is 2.15 bits per heavy atom. The van der Waals surface area contributed by atoms with Crippen molar-refractivity contribution in [2.45, 2.75) is 4.90 Å². The Labute approximate surface area is 156 Å². The zero-order chi connectivity index (χ0) is 18.7. The Bertz CT molecular complexity index is 969. The molecule has 1 aliphatic heterocycles. The number of benzene rings is 2. The standard InChI is InChI=1S/C18H17N3O3S2/c1-20(2)13-16-17(22)21(14-9-5-3-6-10-14)18(25-16)19-26(23,24)15-11-7-4-8-12-15/h3-13H,1-2H3/b16-13-,19-18-. The molecule has 134 valence electrons. The van der Waals surface area contributed by atoms with Gasteiger partial charge in [-0.05, 0) is 36.0 Å². The highest BCUT2D eigenvalue weighted by atomic mass is 32.2. The van der Waals surface area contributed by atoms with E-state index in [1.165, 1.54) is 17.0 Å². The third kappa shape index (κ3) is 3.81. The molecule has 0 aromatic heterocycles. The first-order valence-corrected chi connectivity index (χ1v) is 10.00. The second-order valence-corrected chi connectivity index (χ2v) is 8.31. The van der Waals surface area contributed by atoms with E-state index >= 15 is 0 Å². The number of nitrogens with zero attached hydrogens (tertiary/aromatic N) is 3. The van der Waals surface area contributed by atoms with Gasteiger partial charge in [0.25, 0.3) is 15.9 Å². The Hall–Kier alpha value is -2.58. The van der Waals surface area contributed by atoms with Crippen LogP contribution in [0.1, 0.15) is 0 Å². The lowest BCUT2D eigenvalue weighted by Crippen LogP contribution is -2.29. The average Bonchev–Trinajstić information content (AvgIpc) is 2.90. The first-order chi connectivity index (χ1) is 12.4. The molecular formula is C18H17N3O3S2. The van der Waals surface area contributed by atoms with Crippen LogP contribution < -0.4 is 4.90 Å². The first kappa shape index (κ1) is 18.2. The van der Waals surface area contributed by atoms with Gasteiger partial charge in [0.1, 0.15) is 0 Å². The number of carbonyl (C=O) groups is 1. The van der Waals surface area contributed by atoms with Crippen molar-refractivity contribution >= 4 is 38.5 Å². The molecule has 26 heavy (non-hydrogen) atoms. The molecule has 6 nitrogen and oxygen atoms in total. The number of para-hydroxylation sites is 1. The van der Waals surface area contributed by atoms with Crippen LogP contribution in [0.5, 0.6) is 0 Å². The van der Waals surface area contributed by atoms with Crippen molar-refractivity contribution in [2.75, 3.05) is 19.0 Å². The van der Waals surface area contributed by atoms with Crippen molar-refractivity contribution in [2.24, 2.45) is 4.40 Å². The highest BCUT2D eigenvalue weighted by Gasteiger charge is 2.36. The molecule has 1 aliphatic rings. The molecule has 1 saturated heterocycles. The summed E-state index contributed by atoms with van der Waals surface area (Å²) in [6.07, 6.45) is 1.65. The van der Waals surface area contributed by atoms with E-state index in [4.69, 9.17) is 0 Å². The summed E-state index contributed by atoms with van der Waals surface area (Å²) in [5.74, 6) is -0.308. The number of rotatable bonds is 4. The second kappa shape index (κ2) is 7.35. The van der Waals surface area contributed by atoms with Gasteiger partial charge < -0.3 is 4.90 Å². The normalized spacial score (nSPS) is 17.9. The van der Waals surface area contributed by atoms with Gasteiger partial charge in [-0.2, -0.15) is 8.42 Å². The molecule has 0 unspecified atom stereocenters. The van der Waals surface area contributed by atoms with Crippen LogP contribution in [0.4, 0.5) is 5.69 Å². The topological polar surface area (TPSA) is 70.1 Å². The molecule has 0 spiro atoms. The fraction of sp³-hybridized carbons (Fsp3) is 0.111. The molecule has 2 aromatic carbocycles. The van der Waals surface area contributed by atoms with Crippen LogP contribution in [0.3, 0.4) is 0 Å². The molecule has 0 radical (unpaired) electrons. The zero-order valence-corrected chi connectivity index (χ0v) is 15.9. The molecule has 3 rings (SSSR count). The number of hydrogen-bond acceptors (Lipinski definition) is 5. The highest BCUT2D eigenvalue weighted by molar-refractivity contribution is 8.19. The van der Waals surface area contributed by atoms with Crippen LogP contribution in [0.2, 0.25) is 0 Å². The summed E-state index contributed by atoms with van der Waals surface area (Å²) >= 11 is 1.04. The first-order valence-electron chi connectivity index (χ1n) is 7.74. The van der Waals surface area contributed by atoms with E-state index < -0.39 is 10.0 Å². The summed E-state index contributed by atoms with van der Waals surface area (Å²) in [5, 5.41) is 0.109. The Kier molecular flexibility index (Phi) is 5.15. The fourth-order valence-electron chi connectivity index (χ4n) is 2.31. The van der Waals surface area contributed by atoms with E-state index in [1.54, 1.807) is 67.7 Å². The third-order valence-electron chi connectivity index (χ3n) is 3.44. The SMILES string of the molecule is CN(C)/C=C1\S/C(=N\S(=O)(=O)c2ccccc2)N(c2ccccc2)C1=O. The van der Waals surface area contributed by atoms with E-state index in [0.29, 0.717) is 10.6 Å². The number of amides is 1. The molecule has 0 N–H and O–H groups in total. The minimum absolute atomic E-state index is 0.0820. The van der Waals surface area contributed by atoms with E-state index in [-0.39, 0.29) is 16.0 Å². The molecule has 2 aromatic rings. The Morgan fingerprint density at radius 2 is 1.58 bits per heavy atom. The van der Waals surface area contributed by atoms with Gasteiger partial charge in [-0.15, -0.1) is 4.40 Å². The molecule has 1 amide bonds. The fourth-order valence-corrected chi connectivity index (χ4v) is 4.57. The summed E-state index contributed by atoms with van der Waals surface area (Å²) < 4.78 is 29.2. The van der Waals surface area contributed by atoms with Crippen LogP contribution in [0.15, 0.2) is 81.1 Å². The number of sulfonamides is 1. The van der Waals surface area contributed by atoms with Crippen molar-refractivity contribution < 1.29 is 13.2 Å². The van der Waals surface area contributed by atoms with Crippen LogP contribution in [0, 0.1) is 0 Å². The number of anilines is 1. The van der Waals surface area contributed by atoms with E-state index in [0.717, 1.165) is 11.8 Å². The lowest BCUT2D eigenvalue weighted by atomic mass is 10.3. The predicted molar refractivity (Wildman–Crippen MR) is 104 cm³/mol. The molecule has 1 fully saturated rings. The van der Waals surface area contributed by atoms with Gasteiger partial charge in [-0.25, -0.2) is 0 Å². The maximum absolute atomic E-state index is 12.8. The van der Waals surface area contributed by atoms with Crippen molar-refractivity contribution in [1.29, 1.82) is 0 Å². The molecule has 0 aliphatic carbocycles. The zero-order valence-electron chi connectivity index (χ0n) is 14.2. The van der Waals surface area contributed by atoms with Crippen LogP contribution in [-0.4, -0.2) is 38.5 Å². The van der Waals surface area contributed by atoms with Gasteiger partial charge in [0.2, 0.25) is 0 Å². The van der Waals surface area contributed by atoms with Gasteiger partial charge in [0.15, 0.2) is 5.17 Å². The summed E-state index contributed by atoms with van der Waals surface area (Å²) in [6.45, 7) is 0. The molecule has 0 atom stereocenters. The van der Waals surface area contributed by atoms with Gasteiger partial charge >= 0.3 is 0 Å². The van der Waals surface area contributed by atoms with Gasteiger partial charge in [-0.1, -0.05) is 36.4 Å². The van der Waals surface area contributed by atoms with E-state index in [1.807, 2.05) is 6.07 Å². The summed E-state index contributed by atoms with van der Waals surface area (Å²) in [5.41, 5.74) is 0.564. The number of amidine groups is 1. The van der Waals surface area contributed by atoms with E-state index in [9.17, 15) is 13.2 Å². The van der Waals surface area contributed by atoms with E-state index in [2.05, 4.69) is 4.40 Å². The summed E-state index contributed by atoms with van der Waals surface area (Å²) in [7, 11) is -0.337. The molecule has 8 heteroatoms. The smallest absolute Gasteiger partial charge is 0.284 e. The minimum atomic E-state index is -3.93. The maximum Gasteiger partial charge on any atom is 0.284 e. The average molecular weight is 387 g/mol. The third-order valence-corrected chi connectivity index (χ3v) is 5.79. The van der Waals surface area contributed by atoms with Crippen LogP contribution in [-0.2, 0) is 14.8 Å². The molecule has 0 bridgehead atoms. The largest absolute Gasteiger partial charge is 0.382 e. The number of hydrogen-bond donors (Lipinski definition) is 0. The lowest BCUT2D eigenvalue weighted by Gasteiger charge is -2.15. The number of carbonyl (C=O) groups excluding carboxylic acids is 1. The summed E-state index contributed by atoms with van der Waals surface area (Å²) in [6, 6.07) is 16.8. The summed E-state index contributed by atoms with van der Waals surface area (Å²) in [4.78, 5) is 16.3. The quantitative estimate of drug-likeness (QED) is 0.755. The van der Waals surface area contributed by atoms with Crippen LogP contribution in [0.25, 0.3) is 0 Å². The van der Waals surface area contributed by atoms with Crippen molar-refractivity contribution in [3.63, 3.8) is 0 Å².